The standard InChI is InChI=1S/C6H12O4/c7-3-5-1-2-6(4-8)10-9-5/h5-8H,1-4H2. The summed E-state index contributed by atoms with van der Waals surface area (Å²) in [4.78, 5) is 9.44. The van der Waals surface area contributed by atoms with Crippen LogP contribution in [0.25, 0.3) is 0 Å². The molecule has 60 valence electrons. The Balaban J connectivity index is 2.17. The van der Waals surface area contributed by atoms with Crippen molar-refractivity contribution in [2.45, 2.75) is 25.0 Å². The maximum Gasteiger partial charge on any atom is 0.116 e. The van der Waals surface area contributed by atoms with Crippen LogP contribution < -0.4 is 0 Å². The van der Waals surface area contributed by atoms with Gasteiger partial charge in [-0.1, -0.05) is 0 Å². The Kier molecular flexibility index (Phi) is 3.08. The predicted octanol–water partition coefficient (Wildman–Crippen LogP) is -0.550. The summed E-state index contributed by atoms with van der Waals surface area (Å²) in [6.07, 6.45) is 1.09. The minimum absolute atomic E-state index is 0.0157. The second-order valence-corrected chi connectivity index (χ2v) is 2.38. The Morgan fingerprint density at radius 1 is 1.00 bits per heavy atom. The van der Waals surface area contributed by atoms with Gasteiger partial charge in [-0.25, -0.2) is 9.78 Å². The van der Waals surface area contributed by atoms with Gasteiger partial charge in [-0.3, -0.25) is 0 Å². The summed E-state index contributed by atoms with van der Waals surface area (Å²) in [6.45, 7) is -0.0315. The van der Waals surface area contributed by atoms with Crippen molar-refractivity contribution in [2.75, 3.05) is 13.2 Å². The van der Waals surface area contributed by atoms with E-state index < -0.39 is 0 Å². The fourth-order valence-electron chi connectivity index (χ4n) is 0.869. The van der Waals surface area contributed by atoms with E-state index in [2.05, 4.69) is 0 Å². The third kappa shape index (κ3) is 1.91. The smallest absolute Gasteiger partial charge is 0.116 e. The van der Waals surface area contributed by atoms with Gasteiger partial charge in [0.2, 0.25) is 0 Å². The van der Waals surface area contributed by atoms with Crippen LogP contribution in [0.3, 0.4) is 0 Å². The molecule has 0 bridgehead atoms. The first-order valence-electron chi connectivity index (χ1n) is 3.40. The second-order valence-electron chi connectivity index (χ2n) is 2.38. The highest BCUT2D eigenvalue weighted by Gasteiger charge is 2.21. The molecule has 0 amide bonds. The van der Waals surface area contributed by atoms with Crippen LogP contribution in [-0.4, -0.2) is 35.6 Å². The summed E-state index contributed by atoms with van der Waals surface area (Å²) in [5.41, 5.74) is 0. The molecular weight excluding hydrogens is 136 g/mol. The van der Waals surface area contributed by atoms with Crippen molar-refractivity contribution in [1.82, 2.24) is 0 Å². The highest BCUT2D eigenvalue weighted by atomic mass is 17.2. The number of hydrogen-bond acceptors (Lipinski definition) is 4. The molecule has 1 aliphatic rings. The fraction of sp³-hybridized carbons (Fsp3) is 1.00. The van der Waals surface area contributed by atoms with Crippen LogP contribution in [0.4, 0.5) is 0 Å². The topological polar surface area (TPSA) is 58.9 Å². The van der Waals surface area contributed by atoms with Gasteiger partial charge in [0.1, 0.15) is 12.2 Å². The van der Waals surface area contributed by atoms with Gasteiger partial charge < -0.3 is 10.2 Å². The van der Waals surface area contributed by atoms with Gasteiger partial charge in [-0.15, -0.1) is 0 Å². The van der Waals surface area contributed by atoms with Crippen molar-refractivity contribution >= 4 is 0 Å². The minimum atomic E-state index is -0.206. The molecule has 0 spiro atoms. The molecule has 1 heterocycles. The van der Waals surface area contributed by atoms with Gasteiger partial charge in [-0.05, 0) is 12.8 Å². The largest absolute Gasteiger partial charge is 0.394 e. The number of hydrogen-bond donors (Lipinski definition) is 2. The molecule has 10 heavy (non-hydrogen) atoms. The Hall–Kier alpha value is -0.160. The number of aliphatic hydroxyl groups is 2. The summed E-state index contributed by atoms with van der Waals surface area (Å²) < 4.78 is 0. The molecule has 4 heteroatoms. The lowest BCUT2D eigenvalue weighted by molar-refractivity contribution is -0.380. The van der Waals surface area contributed by atoms with E-state index in [1.807, 2.05) is 0 Å². The van der Waals surface area contributed by atoms with Crippen LogP contribution in [0.5, 0.6) is 0 Å². The molecule has 2 atom stereocenters. The first-order valence-corrected chi connectivity index (χ1v) is 3.40. The molecule has 0 aromatic rings. The molecule has 1 aliphatic heterocycles. The molecule has 1 saturated heterocycles. The van der Waals surface area contributed by atoms with E-state index >= 15 is 0 Å². The molecular formula is C6H12O4. The van der Waals surface area contributed by atoms with Crippen LogP contribution in [0, 0.1) is 0 Å². The highest BCUT2D eigenvalue weighted by Crippen LogP contribution is 2.15. The van der Waals surface area contributed by atoms with Crippen LogP contribution in [0.15, 0.2) is 0 Å². The SMILES string of the molecule is OCC1CCC(CO)OO1. The average molecular weight is 148 g/mol. The van der Waals surface area contributed by atoms with Crippen LogP contribution in [-0.2, 0) is 9.78 Å². The Labute approximate surface area is 59.3 Å². The van der Waals surface area contributed by atoms with Crippen molar-refractivity contribution in [2.24, 2.45) is 0 Å². The van der Waals surface area contributed by atoms with Crippen LogP contribution in [0.1, 0.15) is 12.8 Å². The van der Waals surface area contributed by atoms with E-state index in [4.69, 9.17) is 20.0 Å². The van der Waals surface area contributed by atoms with Crippen molar-refractivity contribution in [1.29, 1.82) is 0 Å². The molecule has 0 radical (unpaired) electrons. The first kappa shape index (κ1) is 7.94. The second kappa shape index (κ2) is 3.88. The number of rotatable bonds is 2. The van der Waals surface area contributed by atoms with Crippen molar-refractivity contribution in [3.63, 3.8) is 0 Å². The molecule has 2 unspecified atom stereocenters. The van der Waals surface area contributed by atoms with Crippen molar-refractivity contribution in [3.05, 3.63) is 0 Å². The van der Waals surface area contributed by atoms with Gasteiger partial charge in [0.15, 0.2) is 0 Å². The Bertz CT molecular complexity index is 75.7. The lowest BCUT2D eigenvalue weighted by Crippen LogP contribution is -2.31. The molecule has 0 saturated carbocycles. The van der Waals surface area contributed by atoms with Crippen molar-refractivity contribution < 1.29 is 20.0 Å². The van der Waals surface area contributed by atoms with Gasteiger partial charge in [0.25, 0.3) is 0 Å². The first-order chi connectivity index (χ1) is 4.86. The Morgan fingerprint density at radius 3 is 1.60 bits per heavy atom. The molecule has 1 fully saturated rings. The summed E-state index contributed by atoms with van der Waals surface area (Å²) in [5.74, 6) is 0. The zero-order chi connectivity index (χ0) is 7.40. The summed E-state index contributed by atoms with van der Waals surface area (Å²) >= 11 is 0. The highest BCUT2D eigenvalue weighted by molar-refractivity contribution is 4.64. The summed E-state index contributed by atoms with van der Waals surface area (Å²) in [6, 6.07) is 0. The minimum Gasteiger partial charge on any atom is -0.394 e. The lowest BCUT2D eigenvalue weighted by atomic mass is 10.1. The summed E-state index contributed by atoms with van der Waals surface area (Å²) in [5, 5.41) is 17.2. The maximum atomic E-state index is 8.58. The van der Waals surface area contributed by atoms with Crippen LogP contribution >= 0.6 is 0 Å². The fourth-order valence-corrected chi connectivity index (χ4v) is 0.869. The van der Waals surface area contributed by atoms with E-state index in [9.17, 15) is 0 Å². The quantitative estimate of drug-likeness (QED) is 0.516. The zero-order valence-electron chi connectivity index (χ0n) is 5.69. The zero-order valence-corrected chi connectivity index (χ0v) is 5.69. The Morgan fingerprint density at radius 2 is 1.40 bits per heavy atom. The molecule has 1 rings (SSSR count). The van der Waals surface area contributed by atoms with Gasteiger partial charge in [0, 0.05) is 0 Å². The van der Waals surface area contributed by atoms with E-state index in [-0.39, 0.29) is 25.4 Å². The van der Waals surface area contributed by atoms with Gasteiger partial charge in [-0.2, -0.15) is 0 Å². The monoisotopic (exact) mass is 148 g/mol. The molecule has 4 nitrogen and oxygen atoms in total. The van der Waals surface area contributed by atoms with Crippen molar-refractivity contribution in [3.8, 4) is 0 Å². The van der Waals surface area contributed by atoms with E-state index in [0.29, 0.717) is 0 Å². The average Bonchev–Trinajstić information content (AvgIpc) is 2.05. The maximum absolute atomic E-state index is 8.58. The van der Waals surface area contributed by atoms with Gasteiger partial charge in [0.05, 0.1) is 13.2 Å². The molecule has 0 aliphatic carbocycles. The third-order valence-electron chi connectivity index (χ3n) is 1.55. The molecule has 2 N–H and O–H groups in total. The van der Waals surface area contributed by atoms with E-state index in [0.717, 1.165) is 12.8 Å². The molecule has 0 aromatic heterocycles. The summed E-state index contributed by atoms with van der Waals surface area (Å²) in [7, 11) is 0. The number of aliphatic hydroxyl groups excluding tert-OH is 2. The van der Waals surface area contributed by atoms with Crippen LogP contribution in [0.2, 0.25) is 0 Å². The lowest BCUT2D eigenvalue weighted by Gasteiger charge is -2.24. The normalized spacial score (nSPS) is 34.2. The third-order valence-corrected chi connectivity index (χ3v) is 1.55. The predicted molar refractivity (Wildman–Crippen MR) is 33.2 cm³/mol. The molecule has 0 aromatic carbocycles. The van der Waals surface area contributed by atoms with E-state index in [1.54, 1.807) is 0 Å². The van der Waals surface area contributed by atoms with Gasteiger partial charge >= 0.3 is 0 Å². The van der Waals surface area contributed by atoms with E-state index in [1.165, 1.54) is 0 Å².